The number of hydrogen-bond acceptors (Lipinski definition) is 3. The fraction of sp³-hybridized carbons (Fsp3) is 0.455. The molecule has 2 rings (SSSR count). The van der Waals surface area contributed by atoms with Gasteiger partial charge < -0.3 is 10.5 Å². The summed E-state index contributed by atoms with van der Waals surface area (Å²) in [7, 11) is 0. The lowest BCUT2D eigenvalue weighted by Crippen LogP contribution is -2.18. The van der Waals surface area contributed by atoms with Gasteiger partial charge >= 0.3 is 0 Å². The van der Waals surface area contributed by atoms with E-state index in [1.807, 2.05) is 6.20 Å². The topological polar surface area (TPSA) is 70.1 Å². The Labute approximate surface area is 93.9 Å². The van der Waals surface area contributed by atoms with E-state index in [2.05, 4.69) is 5.10 Å². The van der Waals surface area contributed by atoms with E-state index in [1.165, 1.54) is 6.08 Å². The SMILES string of the molecule is NC(=O)C=Cc1cnn([C@@H]2CCCCO2)c1. The van der Waals surface area contributed by atoms with Crippen LogP contribution in [0, 0.1) is 0 Å². The highest BCUT2D eigenvalue weighted by atomic mass is 16.5. The zero-order chi connectivity index (χ0) is 11.4. The Balaban J connectivity index is 2.03. The Morgan fingerprint density at radius 2 is 2.50 bits per heavy atom. The smallest absolute Gasteiger partial charge is 0.241 e. The summed E-state index contributed by atoms with van der Waals surface area (Å²) in [6.07, 6.45) is 9.82. The van der Waals surface area contributed by atoms with Crippen molar-refractivity contribution in [3.8, 4) is 0 Å². The first kappa shape index (κ1) is 10.9. The third kappa shape index (κ3) is 2.70. The van der Waals surface area contributed by atoms with E-state index in [9.17, 15) is 4.79 Å². The van der Waals surface area contributed by atoms with E-state index in [1.54, 1.807) is 17.0 Å². The lowest BCUT2D eigenvalue weighted by atomic mass is 10.2. The van der Waals surface area contributed by atoms with Crippen LogP contribution in [0.4, 0.5) is 0 Å². The van der Waals surface area contributed by atoms with Gasteiger partial charge in [0.2, 0.25) is 5.91 Å². The molecule has 0 aliphatic carbocycles. The van der Waals surface area contributed by atoms with Crippen LogP contribution in [0.1, 0.15) is 31.1 Å². The maximum absolute atomic E-state index is 10.6. The average Bonchev–Trinajstić information content (AvgIpc) is 2.76. The van der Waals surface area contributed by atoms with Gasteiger partial charge in [-0.05, 0) is 25.3 Å². The molecule has 1 aromatic rings. The largest absolute Gasteiger partial charge is 0.366 e. The summed E-state index contributed by atoms with van der Waals surface area (Å²) in [5, 5.41) is 4.21. The normalized spacial score (nSPS) is 21.4. The molecule has 1 aliphatic heterocycles. The molecule has 5 heteroatoms. The van der Waals surface area contributed by atoms with Gasteiger partial charge in [-0.25, -0.2) is 4.68 Å². The van der Waals surface area contributed by atoms with Crippen molar-refractivity contribution in [2.75, 3.05) is 6.61 Å². The predicted molar refractivity (Wildman–Crippen MR) is 59.3 cm³/mol. The van der Waals surface area contributed by atoms with Crippen LogP contribution in [-0.2, 0) is 9.53 Å². The second-order valence-corrected chi connectivity index (χ2v) is 3.81. The molecule has 0 bridgehead atoms. The molecule has 1 atom stereocenters. The first-order valence-electron chi connectivity index (χ1n) is 5.39. The molecule has 0 saturated carbocycles. The number of rotatable bonds is 3. The summed E-state index contributed by atoms with van der Waals surface area (Å²) >= 11 is 0. The number of carbonyl (C=O) groups excluding carboxylic acids is 1. The van der Waals surface area contributed by atoms with Gasteiger partial charge in [0, 0.05) is 24.4 Å². The molecule has 1 aliphatic rings. The van der Waals surface area contributed by atoms with E-state index < -0.39 is 5.91 Å². The van der Waals surface area contributed by atoms with E-state index in [0.717, 1.165) is 31.4 Å². The average molecular weight is 221 g/mol. The van der Waals surface area contributed by atoms with Crippen LogP contribution >= 0.6 is 0 Å². The first-order chi connectivity index (χ1) is 7.75. The molecule has 0 aromatic carbocycles. The molecule has 1 aromatic heterocycles. The van der Waals surface area contributed by atoms with Crippen LogP contribution in [0.15, 0.2) is 18.5 Å². The Morgan fingerprint density at radius 1 is 1.62 bits per heavy atom. The Morgan fingerprint density at radius 3 is 3.19 bits per heavy atom. The highest BCUT2D eigenvalue weighted by Crippen LogP contribution is 2.21. The predicted octanol–water partition coefficient (Wildman–Crippen LogP) is 1.08. The number of aromatic nitrogens is 2. The first-order valence-corrected chi connectivity index (χ1v) is 5.39. The summed E-state index contributed by atoms with van der Waals surface area (Å²) in [6, 6.07) is 0. The number of hydrogen-bond donors (Lipinski definition) is 1. The van der Waals surface area contributed by atoms with Crippen molar-refractivity contribution in [2.45, 2.75) is 25.5 Å². The molecular weight excluding hydrogens is 206 g/mol. The summed E-state index contributed by atoms with van der Waals surface area (Å²) in [6.45, 7) is 0.789. The van der Waals surface area contributed by atoms with Crippen LogP contribution in [-0.4, -0.2) is 22.3 Å². The van der Waals surface area contributed by atoms with Crippen molar-refractivity contribution >= 4 is 12.0 Å². The van der Waals surface area contributed by atoms with Gasteiger partial charge in [0.15, 0.2) is 0 Å². The van der Waals surface area contributed by atoms with Crippen LogP contribution in [0.5, 0.6) is 0 Å². The van der Waals surface area contributed by atoms with Crippen LogP contribution in [0.2, 0.25) is 0 Å². The molecule has 2 heterocycles. The van der Waals surface area contributed by atoms with Gasteiger partial charge in [-0.15, -0.1) is 0 Å². The van der Waals surface area contributed by atoms with Crippen molar-refractivity contribution in [2.24, 2.45) is 5.73 Å². The molecule has 16 heavy (non-hydrogen) atoms. The maximum atomic E-state index is 10.6. The second-order valence-electron chi connectivity index (χ2n) is 3.81. The van der Waals surface area contributed by atoms with Crippen LogP contribution in [0.25, 0.3) is 6.08 Å². The van der Waals surface area contributed by atoms with Crippen molar-refractivity contribution in [1.29, 1.82) is 0 Å². The van der Waals surface area contributed by atoms with Gasteiger partial charge in [-0.1, -0.05) is 0 Å². The van der Waals surface area contributed by atoms with E-state index in [-0.39, 0.29) is 6.23 Å². The fourth-order valence-electron chi connectivity index (χ4n) is 1.71. The summed E-state index contributed by atoms with van der Waals surface area (Å²) < 4.78 is 7.38. The standard InChI is InChI=1S/C11H15N3O2/c12-10(15)5-4-9-7-13-14(8-9)11-3-1-2-6-16-11/h4-5,7-8,11H,1-3,6H2,(H2,12,15)/t11-/m0/s1. The number of amides is 1. The number of carbonyl (C=O) groups is 1. The van der Waals surface area contributed by atoms with E-state index in [0.29, 0.717) is 0 Å². The maximum Gasteiger partial charge on any atom is 0.241 e. The molecule has 0 radical (unpaired) electrons. The van der Waals surface area contributed by atoms with Crippen molar-refractivity contribution in [3.63, 3.8) is 0 Å². The van der Waals surface area contributed by atoms with Crippen LogP contribution in [0.3, 0.4) is 0 Å². The molecule has 1 fully saturated rings. The van der Waals surface area contributed by atoms with Crippen LogP contribution < -0.4 is 5.73 Å². The molecule has 0 unspecified atom stereocenters. The van der Waals surface area contributed by atoms with Gasteiger partial charge in [-0.3, -0.25) is 4.79 Å². The number of nitrogens with zero attached hydrogens (tertiary/aromatic N) is 2. The minimum Gasteiger partial charge on any atom is -0.366 e. The summed E-state index contributed by atoms with van der Waals surface area (Å²) in [5.41, 5.74) is 5.87. The van der Waals surface area contributed by atoms with E-state index >= 15 is 0 Å². The van der Waals surface area contributed by atoms with Gasteiger partial charge in [0.25, 0.3) is 0 Å². The van der Waals surface area contributed by atoms with Gasteiger partial charge in [-0.2, -0.15) is 5.10 Å². The number of nitrogens with two attached hydrogens (primary N) is 1. The molecule has 1 saturated heterocycles. The lowest BCUT2D eigenvalue weighted by molar-refractivity contribution is -0.113. The molecule has 86 valence electrons. The molecule has 5 nitrogen and oxygen atoms in total. The summed E-state index contributed by atoms with van der Waals surface area (Å²) in [4.78, 5) is 10.6. The van der Waals surface area contributed by atoms with Gasteiger partial charge in [0.1, 0.15) is 6.23 Å². The third-order valence-corrected chi connectivity index (χ3v) is 2.51. The monoisotopic (exact) mass is 221 g/mol. The zero-order valence-electron chi connectivity index (χ0n) is 9.00. The highest BCUT2D eigenvalue weighted by Gasteiger charge is 2.15. The molecule has 2 N–H and O–H groups in total. The second kappa shape index (κ2) is 4.94. The molecule has 0 spiro atoms. The molecule has 1 amide bonds. The zero-order valence-corrected chi connectivity index (χ0v) is 9.00. The Hall–Kier alpha value is -1.62. The quantitative estimate of drug-likeness (QED) is 0.776. The minimum atomic E-state index is -0.457. The Bertz CT molecular complexity index is 392. The van der Waals surface area contributed by atoms with Gasteiger partial charge in [0.05, 0.1) is 6.20 Å². The number of primary amides is 1. The summed E-state index contributed by atoms with van der Waals surface area (Å²) in [5.74, 6) is -0.457. The number of ether oxygens (including phenoxy) is 1. The Kier molecular flexibility index (Phi) is 3.36. The van der Waals surface area contributed by atoms with E-state index in [4.69, 9.17) is 10.5 Å². The fourth-order valence-corrected chi connectivity index (χ4v) is 1.71. The lowest BCUT2D eigenvalue weighted by Gasteiger charge is -2.22. The van der Waals surface area contributed by atoms with Crippen molar-refractivity contribution < 1.29 is 9.53 Å². The third-order valence-electron chi connectivity index (χ3n) is 2.51. The van der Waals surface area contributed by atoms with Crippen molar-refractivity contribution in [3.05, 3.63) is 24.0 Å². The highest BCUT2D eigenvalue weighted by molar-refractivity contribution is 5.90. The minimum absolute atomic E-state index is 0.0319. The molecular formula is C11H15N3O2. The van der Waals surface area contributed by atoms with Crippen molar-refractivity contribution in [1.82, 2.24) is 9.78 Å².